The first-order valence-electron chi connectivity index (χ1n) is 9.11. The Kier molecular flexibility index (Phi) is 5.29. The van der Waals surface area contributed by atoms with E-state index in [2.05, 4.69) is 15.0 Å². The zero-order chi connectivity index (χ0) is 22.0. The second-order valence-electron chi connectivity index (χ2n) is 6.61. The molecule has 0 saturated carbocycles. The van der Waals surface area contributed by atoms with Gasteiger partial charge in [-0.2, -0.15) is 0 Å². The SMILES string of the molecule is O=C(Nc1cccc2ccc(-c3cccc(OC(F)(F)F)c3)nc12)c1ccc(F)cc1. The minimum absolute atomic E-state index is 0.270. The lowest BCUT2D eigenvalue weighted by Gasteiger charge is -2.12. The van der Waals surface area contributed by atoms with Crippen LogP contribution in [0, 0.1) is 5.82 Å². The Balaban J connectivity index is 1.68. The number of halogens is 4. The number of carbonyl (C=O) groups is 1. The third-order valence-corrected chi connectivity index (χ3v) is 4.44. The van der Waals surface area contributed by atoms with Crippen LogP contribution in [0.2, 0.25) is 0 Å². The van der Waals surface area contributed by atoms with E-state index in [-0.39, 0.29) is 11.3 Å². The smallest absolute Gasteiger partial charge is 0.406 e. The van der Waals surface area contributed by atoms with Crippen LogP contribution in [0.1, 0.15) is 10.4 Å². The summed E-state index contributed by atoms with van der Waals surface area (Å²) in [6.07, 6.45) is -4.80. The van der Waals surface area contributed by atoms with Crippen molar-refractivity contribution in [1.29, 1.82) is 0 Å². The lowest BCUT2D eigenvalue weighted by molar-refractivity contribution is -0.274. The Bertz CT molecular complexity index is 1250. The van der Waals surface area contributed by atoms with Crippen LogP contribution in [0.5, 0.6) is 5.75 Å². The Morgan fingerprint density at radius 2 is 1.65 bits per heavy atom. The first-order chi connectivity index (χ1) is 14.8. The van der Waals surface area contributed by atoms with Crippen molar-refractivity contribution in [2.75, 3.05) is 5.32 Å². The molecule has 4 rings (SSSR count). The lowest BCUT2D eigenvalue weighted by atomic mass is 10.1. The predicted molar refractivity (Wildman–Crippen MR) is 108 cm³/mol. The summed E-state index contributed by atoms with van der Waals surface area (Å²) < 4.78 is 54.6. The summed E-state index contributed by atoms with van der Waals surface area (Å²) in [6.45, 7) is 0. The molecule has 0 atom stereocenters. The number of fused-ring (bicyclic) bond motifs is 1. The number of anilines is 1. The van der Waals surface area contributed by atoms with Crippen molar-refractivity contribution in [3.63, 3.8) is 0 Å². The number of carbonyl (C=O) groups excluding carboxylic acids is 1. The highest BCUT2D eigenvalue weighted by Crippen LogP contribution is 2.30. The van der Waals surface area contributed by atoms with Crippen molar-refractivity contribution in [3.05, 3.63) is 90.2 Å². The van der Waals surface area contributed by atoms with Crippen LogP contribution in [0.3, 0.4) is 0 Å². The Hall–Kier alpha value is -3.94. The van der Waals surface area contributed by atoms with Gasteiger partial charge in [-0.15, -0.1) is 13.2 Å². The summed E-state index contributed by atoms with van der Waals surface area (Å²) in [6, 6.07) is 19.2. The number of para-hydroxylation sites is 1. The van der Waals surface area contributed by atoms with Gasteiger partial charge in [-0.25, -0.2) is 9.37 Å². The third-order valence-electron chi connectivity index (χ3n) is 4.44. The summed E-state index contributed by atoms with van der Waals surface area (Å²) in [5.74, 6) is -1.25. The van der Waals surface area contributed by atoms with Crippen LogP contribution in [-0.2, 0) is 0 Å². The Labute approximate surface area is 174 Å². The number of benzene rings is 3. The van der Waals surface area contributed by atoms with E-state index in [1.807, 2.05) is 0 Å². The van der Waals surface area contributed by atoms with E-state index in [1.165, 1.54) is 42.5 Å². The van der Waals surface area contributed by atoms with E-state index < -0.39 is 18.1 Å². The van der Waals surface area contributed by atoms with E-state index in [0.717, 1.165) is 5.39 Å². The molecule has 0 spiro atoms. The second kappa shape index (κ2) is 8.06. The average Bonchev–Trinajstić information content (AvgIpc) is 2.73. The fourth-order valence-electron chi connectivity index (χ4n) is 3.06. The molecular weight excluding hydrogens is 412 g/mol. The number of aromatic nitrogens is 1. The lowest BCUT2D eigenvalue weighted by Crippen LogP contribution is -2.17. The van der Waals surface area contributed by atoms with Crippen LogP contribution in [0.15, 0.2) is 78.9 Å². The maximum atomic E-state index is 13.1. The van der Waals surface area contributed by atoms with Gasteiger partial charge in [-0.05, 0) is 48.5 Å². The number of rotatable bonds is 4. The molecule has 8 heteroatoms. The van der Waals surface area contributed by atoms with Crippen LogP contribution < -0.4 is 10.1 Å². The summed E-state index contributed by atoms with van der Waals surface area (Å²) in [4.78, 5) is 17.0. The number of alkyl halides is 3. The van der Waals surface area contributed by atoms with Gasteiger partial charge in [0.05, 0.1) is 16.9 Å². The summed E-state index contributed by atoms with van der Waals surface area (Å²) in [7, 11) is 0. The molecule has 0 fully saturated rings. The first kappa shape index (κ1) is 20.3. The average molecular weight is 426 g/mol. The number of hydrogen-bond donors (Lipinski definition) is 1. The molecule has 1 heterocycles. The zero-order valence-electron chi connectivity index (χ0n) is 15.8. The van der Waals surface area contributed by atoms with Gasteiger partial charge in [0.2, 0.25) is 0 Å². The van der Waals surface area contributed by atoms with Crippen molar-refractivity contribution in [2.45, 2.75) is 6.36 Å². The Morgan fingerprint density at radius 1 is 0.903 bits per heavy atom. The molecule has 0 unspecified atom stereocenters. The van der Waals surface area contributed by atoms with Gasteiger partial charge in [0, 0.05) is 16.5 Å². The molecule has 0 aliphatic carbocycles. The van der Waals surface area contributed by atoms with Crippen LogP contribution in [0.4, 0.5) is 23.2 Å². The van der Waals surface area contributed by atoms with Gasteiger partial charge in [0.25, 0.3) is 5.91 Å². The standard InChI is InChI=1S/C23H14F4N2O2/c24-17-10-7-15(8-11-17)22(30)29-20-6-2-3-14-9-12-19(28-21(14)20)16-4-1-5-18(13-16)31-23(25,26)27/h1-13H,(H,29,30). The maximum Gasteiger partial charge on any atom is 0.573 e. The monoisotopic (exact) mass is 426 g/mol. The predicted octanol–water partition coefficient (Wildman–Crippen LogP) is 6.19. The van der Waals surface area contributed by atoms with Gasteiger partial charge < -0.3 is 10.1 Å². The number of pyridine rings is 1. The summed E-state index contributed by atoms with van der Waals surface area (Å²) in [5.41, 5.74) is 1.97. The van der Waals surface area contributed by atoms with Gasteiger partial charge >= 0.3 is 6.36 Å². The normalized spacial score (nSPS) is 11.4. The number of amides is 1. The molecular formula is C23H14F4N2O2. The number of hydrogen-bond acceptors (Lipinski definition) is 3. The van der Waals surface area contributed by atoms with E-state index in [0.29, 0.717) is 22.5 Å². The molecule has 31 heavy (non-hydrogen) atoms. The Morgan fingerprint density at radius 3 is 2.39 bits per heavy atom. The van der Waals surface area contributed by atoms with E-state index in [4.69, 9.17) is 0 Å². The molecule has 0 aliphatic heterocycles. The highest BCUT2D eigenvalue weighted by Gasteiger charge is 2.31. The molecule has 1 aromatic heterocycles. The summed E-state index contributed by atoms with van der Waals surface area (Å²) in [5, 5.41) is 3.47. The molecule has 0 aliphatic rings. The minimum Gasteiger partial charge on any atom is -0.406 e. The van der Waals surface area contributed by atoms with E-state index in [9.17, 15) is 22.4 Å². The number of nitrogens with zero attached hydrogens (tertiary/aromatic N) is 1. The molecule has 1 amide bonds. The highest BCUT2D eigenvalue weighted by molar-refractivity contribution is 6.08. The highest BCUT2D eigenvalue weighted by atomic mass is 19.4. The van der Waals surface area contributed by atoms with E-state index in [1.54, 1.807) is 36.4 Å². The molecule has 4 nitrogen and oxygen atoms in total. The zero-order valence-corrected chi connectivity index (χ0v) is 15.8. The molecule has 156 valence electrons. The fraction of sp³-hybridized carbons (Fsp3) is 0.0435. The van der Waals surface area contributed by atoms with Gasteiger partial charge in [0.15, 0.2) is 0 Å². The second-order valence-corrected chi connectivity index (χ2v) is 6.61. The van der Waals surface area contributed by atoms with Crippen LogP contribution in [0.25, 0.3) is 22.2 Å². The fourth-order valence-corrected chi connectivity index (χ4v) is 3.06. The van der Waals surface area contributed by atoms with Crippen LogP contribution in [-0.4, -0.2) is 17.3 Å². The number of ether oxygens (including phenoxy) is 1. The molecule has 3 aromatic carbocycles. The summed E-state index contributed by atoms with van der Waals surface area (Å²) >= 11 is 0. The number of nitrogens with one attached hydrogen (secondary N) is 1. The van der Waals surface area contributed by atoms with Crippen molar-refractivity contribution in [1.82, 2.24) is 4.98 Å². The van der Waals surface area contributed by atoms with Gasteiger partial charge in [-0.1, -0.05) is 30.3 Å². The molecule has 0 bridgehead atoms. The van der Waals surface area contributed by atoms with Crippen molar-refractivity contribution >= 4 is 22.5 Å². The van der Waals surface area contributed by atoms with Gasteiger partial charge in [0.1, 0.15) is 11.6 Å². The topological polar surface area (TPSA) is 51.2 Å². The molecule has 1 N–H and O–H groups in total. The quantitative estimate of drug-likeness (QED) is 0.396. The molecule has 4 aromatic rings. The van der Waals surface area contributed by atoms with Crippen molar-refractivity contribution < 1.29 is 27.1 Å². The first-order valence-corrected chi connectivity index (χ1v) is 9.11. The van der Waals surface area contributed by atoms with Crippen LogP contribution >= 0.6 is 0 Å². The molecule has 0 saturated heterocycles. The van der Waals surface area contributed by atoms with Gasteiger partial charge in [-0.3, -0.25) is 4.79 Å². The largest absolute Gasteiger partial charge is 0.573 e. The molecule has 0 radical (unpaired) electrons. The minimum atomic E-state index is -4.80. The van der Waals surface area contributed by atoms with Crippen molar-refractivity contribution in [3.8, 4) is 17.0 Å². The maximum absolute atomic E-state index is 13.1. The van der Waals surface area contributed by atoms with E-state index >= 15 is 0 Å². The third kappa shape index (κ3) is 4.80. The van der Waals surface area contributed by atoms with Crippen molar-refractivity contribution in [2.24, 2.45) is 0 Å².